The van der Waals surface area contributed by atoms with Crippen molar-refractivity contribution < 1.29 is 0 Å². The van der Waals surface area contributed by atoms with Gasteiger partial charge in [-0.2, -0.15) is 5.26 Å². The maximum Gasteiger partial charge on any atom is 0.126 e. The van der Waals surface area contributed by atoms with Crippen molar-refractivity contribution in [3.05, 3.63) is 131 Å². The summed E-state index contributed by atoms with van der Waals surface area (Å²) < 4.78 is 4.76. The van der Waals surface area contributed by atoms with E-state index in [1.54, 1.807) is 0 Å². The molecule has 0 spiro atoms. The summed E-state index contributed by atoms with van der Waals surface area (Å²) in [6, 6.07) is 39.8. The zero-order chi connectivity index (χ0) is 35.1. The average Bonchev–Trinajstić information content (AvgIpc) is 3.58. The van der Waals surface area contributed by atoms with E-state index < -0.39 is 0 Å². The molecule has 50 heavy (non-hydrogen) atoms. The standard InChI is InChI=1S/C45H41N5/c1-27-21-37(48-28(2)47-27)36-25-43(50-39-16-12-10-14-33(39)35-20-18-31(24-41(35)50)45(6,7)8)42(22-29(36)26-46)49-38-15-11-9-13-32(38)34-19-17-30(23-40(34)49)44(3,4)5/h9-25H,1-8H3. The van der Waals surface area contributed by atoms with Crippen LogP contribution in [0.4, 0.5) is 0 Å². The number of nitriles is 1. The fraction of sp³-hybridized carbons (Fsp3) is 0.222. The summed E-state index contributed by atoms with van der Waals surface area (Å²) in [5.74, 6) is 0.679. The van der Waals surface area contributed by atoms with Gasteiger partial charge in [0.1, 0.15) is 5.82 Å². The molecule has 3 aromatic heterocycles. The first kappa shape index (κ1) is 31.5. The molecule has 0 N–H and O–H groups in total. The summed E-state index contributed by atoms with van der Waals surface area (Å²) >= 11 is 0. The molecule has 5 heteroatoms. The SMILES string of the molecule is Cc1cc(-c2cc(-n3c4ccccc4c4ccc(C(C)(C)C)cc43)c(-n3c4ccccc4c4ccc(C(C)(C)C)cc43)cc2C#N)nc(C)n1. The fourth-order valence-electron chi connectivity index (χ4n) is 7.49. The number of hydrogen-bond acceptors (Lipinski definition) is 3. The zero-order valence-electron chi connectivity index (χ0n) is 30.1. The van der Waals surface area contributed by atoms with Crippen molar-refractivity contribution in [3.63, 3.8) is 0 Å². The summed E-state index contributed by atoms with van der Waals surface area (Å²) in [5, 5.41) is 15.5. The van der Waals surface area contributed by atoms with Crippen LogP contribution in [0.1, 0.15) is 69.8 Å². The van der Waals surface area contributed by atoms with Crippen LogP contribution in [0.25, 0.3) is 66.2 Å². The fourth-order valence-corrected chi connectivity index (χ4v) is 7.49. The Balaban J connectivity index is 1.59. The highest BCUT2D eigenvalue weighted by atomic mass is 15.1. The molecule has 0 atom stereocenters. The number of para-hydroxylation sites is 2. The molecule has 0 aliphatic carbocycles. The van der Waals surface area contributed by atoms with Crippen LogP contribution >= 0.6 is 0 Å². The maximum absolute atomic E-state index is 10.8. The molecular formula is C45H41N5. The quantitative estimate of drug-likeness (QED) is 0.191. The first-order chi connectivity index (χ1) is 23.8. The van der Waals surface area contributed by atoms with Gasteiger partial charge in [0.15, 0.2) is 0 Å². The van der Waals surface area contributed by atoms with Crippen molar-refractivity contribution in [1.82, 2.24) is 19.1 Å². The summed E-state index contributed by atoms with van der Waals surface area (Å²) in [5.41, 5.74) is 11.8. The van der Waals surface area contributed by atoms with Gasteiger partial charge in [-0.15, -0.1) is 0 Å². The number of benzene rings is 5. The van der Waals surface area contributed by atoms with Crippen molar-refractivity contribution in [2.75, 3.05) is 0 Å². The minimum atomic E-state index is -0.0428. The van der Waals surface area contributed by atoms with Gasteiger partial charge in [-0.25, -0.2) is 9.97 Å². The number of fused-ring (bicyclic) bond motifs is 6. The minimum Gasteiger partial charge on any atom is -0.307 e. The minimum absolute atomic E-state index is 0.0413. The average molecular weight is 652 g/mol. The van der Waals surface area contributed by atoms with Gasteiger partial charge in [-0.1, -0.05) is 102 Å². The van der Waals surface area contributed by atoms with Gasteiger partial charge in [0.05, 0.1) is 50.8 Å². The molecule has 0 aliphatic rings. The van der Waals surface area contributed by atoms with Crippen LogP contribution in [0.15, 0.2) is 103 Å². The van der Waals surface area contributed by atoms with Crippen molar-refractivity contribution >= 4 is 43.6 Å². The Hall–Kier alpha value is -5.73. The summed E-state index contributed by atoms with van der Waals surface area (Å²) in [6.45, 7) is 17.4. The predicted molar refractivity (Wildman–Crippen MR) is 208 cm³/mol. The Morgan fingerprint density at radius 2 is 1.02 bits per heavy atom. The summed E-state index contributed by atoms with van der Waals surface area (Å²) in [7, 11) is 0. The van der Waals surface area contributed by atoms with Crippen LogP contribution in [0.3, 0.4) is 0 Å². The number of aryl methyl sites for hydroxylation is 2. The molecule has 0 bridgehead atoms. The van der Waals surface area contributed by atoms with Crippen LogP contribution in [0.5, 0.6) is 0 Å². The first-order valence-corrected chi connectivity index (χ1v) is 17.3. The molecule has 0 fully saturated rings. The van der Waals surface area contributed by atoms with Gasteiger partial charge in [-0.05, 0) is 78.3 Å². The van der Waals surface area contributed by atoms with Gasteiger partial charge in [0.2, 0.25) is 0 Å². The van der Waals surface area contributed by atoms with E-state index in [-0.39, 0.29) is 10.8 Å². The van der Waals surface area contributed by atoms with Gasteiger partial charge >= 0.3 is 0 Å². The Labute approximate surface area is 293 Å². The van der Waals surface area contributed by atoms with E-state index in [0.717, 1.165) is 50.4 Å². The maximum atomic E-state index is 10.8. The summed E-state index contributed by atoms with van der Waals surface area (Å²) in [4.78, 5) is 9.41. The van der Waals surface area contributed by atoms with Gasteiger partial charge in [0.25, 0.3) is 0 Å². The highest BCUT2D eigenvalue weighted by molar-refractivity contribution is 6.12. The zero-order valence-corrected chi connectivity index (χ0v) is 30.1. The van der Waals surface area contributed by atoms with Crippen molar-refractivity contribution in [1.29, 1.82) is 5.26 Å². The second kappa shape index (κ2) is 11.1. The van der Waals surface area contributed by atoms with E-state index in [1.807, 2.05) is 19.9 Å². The molecule has 3 heterocycles. The second-order valence-electron chi connectivity index (χ2n) is 15.6. The van der Waals surface area contributed by atoms with E-state index in [0.29, 0.717) is 11.4 Å². The highest BCUT2D eigenvalue weighted by Gasteiger charge is 2.25. The lowest BCUT2D eigenvalue weighted by Gasteiger charge is -2.22. The third kappa shape index (κ3) is 4.98. The van der Waals surface area contributed by atoms with Gasteiger partial charge in [0, 0.05) is 32.8 Å². The Morgan fingerprint density at radius 3 is 1.50 bits per heavy atom. The molecule has 0 saturated heterocycles. The molecule has 0 radical (unpaired) electrons. The van der Waals surface area contributed by atoms with Crippen molar-refractivity contribution in [3.8, 4) is 28.7 Å². The smallest absolute Gasteiger partial charge is 0.126 e. The predicted octanol–water partition coefficient (Wildman–Crippen LogP) is 11.4. The molecule has 5 nitrogen and oxygen atoms in total. The van der Waals surface area contributed by atoms with E-state index in [2.05, 4.69) is 159 Å². The number of nitrogens with zero attached hydrogens (tertiary/aromatic N) is 5. The molecule has 0 saturated carbocycles. The van der Waals surface area contributed by atoms with Crippen LogP contribution < -0.4 is 0 Å². The van der Waals surface area contributed by atoms with E-state index >= 15 is 0 Å². The molecule has 8 rings (SSSR count). The van der Waals surface area contributed by atoms with Crippen molar-refractivity contribution in [2.45, 2.75) is 66.2 Å². The number of rotatable bonds is 3. The Kier molecular flexibility index (Phi) is 7.03. The Morgan fingerprint density at radius 1 is 0.540 bits per heavy atom. The topological polar surface area (TPSA) is 59.4 Å². The Bertz CT molecular complexity index is 2680. The normalized spacial score (nSPS) is 12.4. The molecule has 246 valence electrons. The number of aromatic nitrogens is 4. The highest BCUT2D eigenvalue weighted by Crippen LogP contribution is 2.42. The molecule has 8 aromatic rings. The van der Waals surface area contributed by atoms with Gasteiger partial charge < -0.3 is 9.13 Å². The van der Waals surface area contributed by atoms with Gasteiger partial charge in [-0.3, -0.25) is 0 Å². The molecule has 5 aromatic carbocycles. The molecule has 0 amide bonds. The lowest BCUT2D eigenvalue weighted by atomic mass is 9.86. The summed E-state index contributed by atoms with van der Waals surface area (Å²) in [6.07, 6.45) is 0. The van der Waals surface area contributed by atoms with E-state index in [1.165, 1.54) is 32.7 Å². The third-order valence-corrected chi connectivity index (χ3v) is 10.0. The molecular weight excluding hydrogens is 611 g/mol. The van der Waals surface area contributed by atoms with Crippen molar-refractivity contribution in [2.24, 2.45) is 0 Å². The van der Waals surface area contributed by atoms with Crippen LogP contribution in [-0.4, -0.2) is 19.1 Å². The largest absolute Gasteiger partial charge is 0.307 e. The molecule has 0 unspecified atom stereocenters. The third-order valence-electron chi connectivity index (χ3n) is 10.0. The van der Waals surface area contributed by atoms with Crippen LogP contribution in [0.2, 0.25) is 0 Å². The first-order valence-electron chi connectivity index (χ1n) is 17.3. The van der Waals surface area contributed by atoms with Crippen LogP contribution in [-0.2, 0) is 10.8 Å². The van der Waals surface area contributed by atoms with E-state index in [4.69, 9.17) is 4.98 Å². The monoisotopic (exact) mass is 651 g/mol. The van der Waals surface area contributed by atoms with Crippen LogP contribution in [0, 0.1) is 25.2 Å². The lowest BCUT2D eigenvalue weighted by Crippen LogP contribution is -2.12. The molecule has 0 aliphatic heterocycles. The number of hydrogen-bond donors (Lipinski definition) is 0. The second-order valence-corrected chi connectivity index (χ2v) is 15.6. The lowest BCUT2D eigenvalue weighted by molar-refractivity contribution is 0.590. The van der Waals surface area contributed by atoms with E-state index in [9.17, 15) is 5.26 Å².